The molecule has 3 aromatic heterocycles. The summed E-state index contributed by atoms with van der Waals surface area (Å²) in [6.07, 6.45) is 5.78. The fraction of sp³-hybridized carbons (Fsp3) is 0.208. The zero-order chi connectivity index (χ0) is 22.1. The van der Waals surface area contributed by atoms with Crippen molar-refractivity contribution in [3.63, 3.8) is 0 Å². The monoisotopic (exact) mass is 430 g/mol. The van der Waals surface area contributed by atoms with Gasteiger partial charge in [0.15, 0.2) is 22.9 Å². The van der Waals surface area contributed by atoms with E-state index >= 15 is 0 Å². The Morgan fingerprint density at radius 3 is 2.78 bits per heavy atom. The molecule has 8 nitrogen and oxygen atoms in total. The Balaban J connectivity index is 1.46. The van der Waals surface area contributed by atoms with E-state index in [-0.39, 0.29) is 12.7 Å². The Morgan fingerprint density at radius 2 is 1.97 bits per heavy atom. The number of aryl methyl sites for hydroxylation is 1. The Bertz CT molecular complexity index is 1290. The van der Waals surface area contributed by atoms with Crippen LogP contribution < -0.4 is 19.1 Å². The molecule has 0 unspecified atom stereocenters. The van der Waals surface area contributed by atoms with Crippen molar-refractivity contribution in [1.29, 1.82) is 0 Å². The number of rotatable bonds is 6. The predicted octanol–water partition coefficient (Wildman–Crippen LogP) is 3.88. The first-order chi connectivity index (χ1) is 15.7. The number of hydrogen-bond acceptors (Lipinski definition) is 6. The number of hydrogen-bond donors (Lipinski definition) is 0. The second-order valence-electron chi connectivity index (χ2n) is 7.38. The van der Waals surface area contributed by atoms with Crippen molar-refractivity contribution >= 4 is 17.4 Å². The van der Waals surface area contributed by atoms with Crippen LogP contribution in [0.3, 0.4) is 0 Å². The molecule has 0 atom stereocenters. The molecule has 0 saturated carbocycles. The minimum Gasteiger partial charge on any atom is -0.485 e. The van der Waals surface area contributed by atoms with Crippen molar-refractivity contribution in [3.8, 4) is 17.2 Å². The first-order valence-electron chi connectivity index (χ1n) is 10.3. The van der Waals surface area contributed by atoms with Crippen LogP contribution in [0.2, 0.25) is 0 Å². The van der Waals surface area contributed by atoms with Crippen LogP contribution in [-0.4, -0.2) is 34.1 Å². The number of aromatic nitrogens is 3. The molecule has 0 fully saturated rings. The number of carbonyl (C=O) groups excluding carboxylic acids is 1. The van der Waals surface area contributed by atoms with Gasteiger partial charge in [0.1, 0.15) is 12.4 Å². The lowest BCUT2D eigenvalue weighted by atomic mass is 10.2. The van der Waals surface area contributed by atoms with Crippen LogP contribution in [0.25, 0.3) is 5.65 Å². The number of amides is 1. The Labute approximate surface area is 185 Å². The summed E-state index contributed by atoms with van der Waals surface area (Å²) in [5.74, 6) is 2.68. The summed E-state index contributed by atoms with van der Waals surface area (Å²) in [5, 5.41) is 0. The van der Waals surface area contributed by atoms with Gasteiger partial charge in [-0.25, -0.2) is 4.98 Å². The molecule has 0 aliphatic carbocycles. The minimum absolute atomic E-state index is 0.129. The Hall–Kier alpha value is -4.07. The maximum absolute atomic E-state index is 13.0. The summed E-state index contributed by atoms with van der Waals surface area (Å²) in [6.45, 7) is 2.61. The van der Waals surface area contributed by atoms with Crippen molar-refractivity contribution in [1.82, 2.24) is 14.4 Å². The van der Waals surface area contributed by atoms with Crippen LogP contribution in [0.4, 0.5) is 5.82 Å². The predicted molar refractivity (Wildman–Crippen MR) is 118 cm³/mol. The molecule has 1 aliphatic heterocycles. The molecule has 1 amide bonds. The molecular formula is C24H22N4O4. The first-order valence-corrected chi connectivity index (χ1v) is 10.3. The van der Waals surface area contributed by atoms with E-state index in [2.05, 4.69) is 4.98 Å². The number of carbonyl (C=O) groups is 1. The van der Waals surface area contributed by atoms with Crippen LogP contribution >= 0.6 is 0 Å². The molecule has 32 heavy (non-hydrogen) atoms. The van der Waals surface area contributed by atoms with E-state index in [4.69, 9.17) is 19.2 Å². The second kappa shape index (κ2) is 8.22. The lowest BCUT2D eigenvalue weighted by Gasteiger charge is -2.18. The summed E-state index contributed by atoms with van der Waals surface area (Å²) in [6, 6.07) is 12.9. The van der Waals surface area contributed by atoms with Gasteiger partial charge in [-0.15, -0.1) is 0 Å². The maximum atomic E-state index is 13.0. The highest BCUT2D eigenvalue weighted by molar-refractivity contribution is 6.05. The van der Waals surface area contributed by atoms with Crippen LogP contribution in [0.15, 0.2) is 61.1 Å². The number of pyridine rings is 2. The lowest BCUT2D eigenvalue weighted by molar-refractivity contribution is 0.0991. The first kappa shape index (κ1) is 19.9. The molecule has 0 radical (unpaired) electrons. The van der Waals surface area contributed by atoms with Crippen LogP contribution in [-0.2, 0) is 13.0 Å². The molecule has 5 rings (SSSR count). The van der Waals surface area contributed by atoms with E-state index in [1.807, 2.05) is 47.9 Å². The van der Waals surface area contributed by atoms with Crippen molar-refractivity contribution in [2.24, 2.45) is 0 Å². The highest BCUT2D eigenvalue weighted by Gasteiger charge is 2.23. The third kappa shape index (κ3) is 3.49. The number of benzene rings is 1. The van der Waals surface area contributed by atoms with Crippen molar-refractivity contribution in [3.05, 3.63) is 77.9 Å². The molecule has 0 spiro atoms. The number of ether oxygens (including phenoxy) is 3. The average Bonchev–Trinajstić information content (AvgIpc) is 3.46. The summed E-state index contributed by atoms with van der Waals surface area (Å²) >= 11 is 0. The summed E-state index contributed by atoms with van der Waals surface area (Å²) < 4.78 is 18.8. The minimum atomic E-state index is -0.129. The molecule has 8 heteroatoms. The van der Waals surface area contributed by atoms with Crippen molar-refractivity contribution in [2.45, 2.75) is 20.0 Å². The number of imidazole rings is 1. The third-order valence-electron chi connectivity index (χ3n) is 5.37. The molecule has 0 saturated heterocycles. The highest BCUT2D eigenvalue weighted by Crippen LogP contribution is 2.33. The van der Waals surface area contributed by atoms with Crippen LogP contribution in [0.1, 0.15) is 28.5 Å². The average molecular weight is 430 g/mol. The summed E-state index contributed by atoms with van der Waals surface area (Å²) in [4.78, 5) is 23.4. The largest absolute Gasteiger partial charge is 0.485 e. The van der Waals surface area contributed by atoms with Gasteiger partial charge in [-0.1, -0.05) is 13.0 Å². The van der Waals surface area contributed by atoms with E-state index in [0.29, 0.717) is 30.0 Å². The molecule has 1 aliphatic rings. The van der Waals surface area contributed by atoms with Gasteiger partial charge in [0.2, 0.25) is 6.79 Å². The summed E-state index contributed by atoms with van der Waals surface area (Å²) in [7, 11) is 1.76. The van der Waals surface area contributed by atoms with E-state index in [1.54, 1.807) is 36.5 Å². The Morgan fingerprint density at radius 1 is 1.16 bits per heavy atom. The van der Waals surface area contributed by atoms with Gasteiger partial charge in [0.25, 0.3) is 5.91 Å². The van der Waals surface area contributed by atoms with Crippen molar-refractivity contribution in [2.75, 3.05) is 18.7 Å². The quantitative estimate of drug-likeness (QED) is 0.462. The van der Waals surface area contributed by atoms with Gasteiger partial charge < -0.3 is 14.2 Å². The van der Waals surface area contributed by atoms with Gasteiger partial charge in [-0.05, 0) is 48.4 Å². The highest BCUT2D eigenvalue weighted by atomic mass is 16.7. The molecule has 4 heterocycles. The van der Waals surface area contributed by atoms with E-state index < -0.39 is 0 Å². The molecule has 1 aromatic carbocycles. The van der Waals surface area contributed by atoms with Gasteiger partial charge in [0, 0.05) is 31.2 Å². The zero-order valence-electron chi connectivity index (χ0n) is 17.8. The van der Waals surface area contributed by atoms with Gasteiger partial charge in [0.05, 0.1) is 5.69 Å². The normalized spacial score (nSPS) is 12.2. The number of fused-ring (bicyclic) bond motifs is 2. The molecule has 4 aromatic rings. The SMILES string of the molecule is CCc1nc2c(OCc3ccc4c(c3)OCO4)cccn2c1N(C)C(=O)c1ccncc1. The second-order valence-corrected chi connectivity index (χ2v) is 7.38. The van der Waals surface area contributed by atoms with E-state index in [1.165, 1.54) is 0 Å². The molecule has 0 bridgehead atoms. The molecule has 0 N–H and O–H groups in total. The topological polar surface area (TPSA) is 78.2 Å². The van der Waals surface area contributed by atoms with Crippen molar-refractivity contribution < 1.29 is 19.0 Å². The zero-order valence-corrected chi connectivity index (χ0v) is 17.8. The number of nitrogens with zero attached hydrogens (tertiary/aromatic N) is 4. The van der Waals surface area contributed by atoms with Gasteiger partial charge >= 0.3 is 0 Å². The molecular weight excluding hydrogens is 408 g/mol. The smallest absolute Gasteiger partial charge is 0.259 e. The standard InChI is InChI=1S/C24H22N4O4/c1-3-18-23(27(2)24(29)17-8-10-25-11-9-17)28-12-4-5-20(22(28)26-18)30-14-16-6-7-19-21(13-16)32-15-31-19/h4-13H,3,14-15H2,1-2H3. The van der Waals surface area contributed by atoms with E-state index in [0.717, 1.165) is 28.6 Å². The number of anilines is 1. The van der Waals surface area contributed by atoms with Crippen LogP contribution in [0.5, 0.6) is 17.2 Å². The van der Waals surface area contributed by atoms with E-state index in [9.17, 15) is 4.79 Å². The lowest BCUT2D eigenvalue weighted by Crippen LogP contribution is -2.28. The molecule has 162 valence electrons. The Kier molecular flexibility index (Phi) is 5.10. The van der Waals surface area contributed by atoms with Gasteiger partial charge in [-0.3, -0.25) is 19.1 Å². The fourth-order valence-electron chi connectivity index (χ4n) is 3.76. The summed E-state index contributed by atoms with van der Waals surface area (Å²) in [5.41, 5.74) is 3.00. The third-order valence-corrected chi connectivity index (χ3v) is 5.37. The van der Waals surface area contributed by atoms with Crippen LogP contribution in [0, 0.1) is 0 Å². The van der Waals surface area contributed by atoms with Gasteiger partial charge in [-0.2, -0.15) is 0 Å². The fourth-order valence-corrected chi connectivity index (χ4v) is 3.76. The maximum Gasteiger partial charge on any atom is 0.259 e.